The van der Waals surface area contributed by atoms with Crippen LogP contribution in [0, 0.1) is 11.3 Å². The van der Waals surface area contributed by atoms with E-state index in [1.165, 1.54) is 0 Å². The van der Waals surface area contributed by atoms with Gasteiger partial charge in [-0.1, -0.05) is 27.7 Å². The molecule has 0 aromatic carbocycles. The second-order valence-corrected chi connectivity index (χ2v) is 5.68. The van der Waals surface area contributed by atoms with E-state index in [-0.39, 0.29) is 17.5 Å². The van der Waals surface area contributed by atoms with Gasteiger partial charge in [-0.2, -0.15) is 0 Å². The Morgan fingerprint density at radius 2 is 2.19 bits per heavy atom. The number of carbonyl (C=O) groups is 1. The summed E-state index contributed by atoms with van der Waals surface area (Å²) in [5.41, 5.74) is 0.226. The summed E-state index contributed by atoms with van der Waals surface area (Å²) < 4.78 is 5.20. The first-order chi connectivity index (χ1) is 7.39. The third-order valence-corrected chi connectivity index (χ3v) is 3.31. The van der Waals surface area contributed by atoms with Crippen LogP contribution < -0.4 is 10.6 Å². The second kappa shape index (κ2) is 5.53. The highest BCUT2D eigenvalue weighted by Crippen LogP contribution is 2.24. The van der Waals surface area contributed by atoms with Gasteiger partial charge < -0.3 is 15.4 Å². The quantitative estimate of drug-likeness (QED) is 0.773. The molecule has 0 spiro atoms. The fraction of sp³-hybridized carbons (Fsp3) is 0.917. The van der Waals surface area contributed by atoms with E-state index in [2.05, 4.69) is 38.3 Å². The van der Waals surface area contributed by atoms with E-state index in [1.54, 1.807) is 0 Å². The number of hydrogen-bond donors (Lipinski definition) is 2. The highest BCUT2D eigenvalue weighted by Gasteiger charge is 2.21. The predicted molar refractivity (Wildman–Crippen MR) is 64.4 cm³/mol. The van der Waals surface area contributed by atoms with Crippen LogP contribution in [0.1, 0.15) is 34.1 Å². The first kappa shape index (κ1) is 13.3. The minimum atomic E-state index is -0.0772. The van der Waals surface area contributed by atoms with Gasteiger partial charge in [-0.3, -0.25) is 0 Å². The Hall–Kier alpha value is -0.770. The van der Waals surface area contributed by atoms with Gasteiger partial charge in [0.25, 0.3) is 0 Å². The molecule has 1 saturated heterocycles. The molecule has 4 heteroatoms. The van der Waals surface area contributed by atoms with Gasteiger partial charge in [0.05, 0.1) is 12.6 Å². The Kier molecular flexibility index (Phi) is 4.59. The summed E-state index contributed by atoms with van der Waals surface area (Å²) in [4.78, 5) is 11.6. The fourth-order valence-electron chi connectivity index (χ4n) is 1.44. The van der Waals surface area contributed by atoms with Crippen molar-refractivity contribution in [3.8, 4) is 0 Å². The lowest BCUT2D eigenvalue weighted by Crippen LogP contribution is -2.44. The van der Waals surface area contributed by atoms with Gasteiger partial charge in [-0.05, 0) is 17.8 Å². The molecule has 1 fully saturated rings. The highest BCUT2D eigenvalue weighted by atomic mass is 16.5. The zero-order chi connectivity index (χ0) is 12.2. The van der Waals surface area contributed by atoms with Crippen molar-refractivity contribution in [2.45, 2.75) is 40.2 Å². The standard InChI is InChI=1S/C12H24N2O2/c1-9(12(2,3)4)7-13-11(15)14-10-5-6-16-8-10/h9-10H,5-8H2,1-4H3,(H2,13,14,15). The smallest absolute Gasteiger partial charge is 0.315 e. The van der Waals surface area contributed by atoms with Gasteiger partial charge in [0, 0.05) is 13.2 Å². The number of urea groups is 1. The van der Waals surface area contributed by atoms with E-state index in [0.717, 1.165) is 13.0 Å². The molecule has 2 N–H and O–H groups in total. The van der Waals surface area contributed by atoms with Crippen LogP contribution in [0.4, 0.5) is 4.79 Å². The lowest BCUT2D eigenvalue weighted by molar-refractivity contribution is 0.187. The van der Waals surface area contributed by atoms with Crippen molar-refractivity contribution >= 4 is 6.03 Å². The Balaban J connectivity index is 2.19. The number of rotatable bonds is 3. The first-order valence-corrected chi connectivity index (χ1v) is 6.01. The monoisotopic (exact) mass is 228 g/mol. The third-order valence-electron chi connectivity index (χ3n) is 3.31. The zero-order valence-corrected chi connectivity index (χ0v) is 10.8. The van der Waals surface area contributed by atoms with Crippen LogP contribution in [0.15, 0.2) is 0 Å². The van der Waals surface area contributed by atoms with E-state index < -0.39 is 0 Å². The van der Waals surface area contributed by atoms with Crippen molar-refractivity contribution in [1.29, 1.82) is 0 Å². The molecule has 0 aliphatic carbocycles. The summed E-state index contributed by atoms with van der Waals surface area (Å²) in [5.74, 6) is 0.457. The van der Waals surface area contributed by atoms with E-state index in [1.807, 2.05) is 0 Å². The van der Waals surface area contributed by atoms with Crippen molar-refractivity contribution in [3.63, 3.8) is 0 Å². The van der Waals surface area contributed by atoms with Crippen LogP contribution in [0.5, 0.6) is 0 Å². The minimum Gasteiger partial charge on any atom is -0.379 e. The molecule has 94 valence electrons. The number of hydrogen-bond acceptors (Lipinski definition) is 2. The SMILES string of the molecule is CC(CNC(=O)NC1CCOC1)C(C)(C)C. The van der Waals surface area contributed by atoms with Crippen LogP contribution in [0.25, 0.3) is 0 Å². The molecule has 2 atom stereocenters. The largest absolute Gasteiger partial charge is 0.379 e. The Bertz CT molecular complexity index is 230. The molecule has 4 nitrogen and oxygen atoms in total. The summed E-state index contributed by atoms with van der Waals surface area (Å²) in [6, 6.07) is 0.108. The van der Waals surface area contributed by atoms with Gasteiger partial charge in [-0.25, -0.2) is 4.79 Å². The lowest BCUT2D eigenvalue weighted by Gasteiger charge is -2.27. The number of carbonyl (C=O) groups excluding carboxylic acids is 1. The van der Waals surface area contributed by atoms with Crippen molar-refractivity contribution in [2.24, 2.45) is 11.3 Å². The van der Waals surface area contributed by atoms with E-state index in [0.29, 0.717) is 19.1 Å². The molecule has 0 aromatic rings. The molecule has 16 heavy (non-hydrogen) atoms. The van der Waals surface area contributed by atoms with Crippen molar-refractivity contribution in [3.05, 3.63) is 0 Å². The normalized spacial score (nSPS) is 22.9. The van der Waals surface area contributed by atoms with Crippen LogP contribution in [0.2, 0.25) is 0 Å². The Morgan fingerprint density at radius 1 is 1.50 bits per heavy atom. The summed E-state index contributed by atoms with van der Waals surface area (Å²) in [7, 11) is 0. The van der Waals surface area contributed by atoms with E-state index in [9.17, 15) is 4.79 Å². The number of nitrogens with one attached hydrogen (secondary N) is 2. The molecule has 0 bridgehead atoms. The molecule has 0 saturated carbocycles. The summed E-state index contributed by atoms with van der Waals surface area (Å²) in [6.45, 7) is 10.8. The molecule has 2 amide bonds. The average molecular weight is 228 g/mol. The van der Waals surface area contributed by atoms with Crippen molar-refractivity contribution < 1.29 is 9.53 Å². The second-order valence-electron chi connectivity index (χ2n) is 5.68. The molecular weight excluding hydrogens is 204 g/mol. The molecule has 1 aliphatic rings. The average Bonchev–Trinajstić information content (AvgIpc) is 2.65. The maximum atomic E-state index is 11.6. The van der Waals surface area contributed by atoms with Gasteiger partial charge in [-0.15, -0.1) is 0 Å². The summed E-state index contributed by atoms with van der Waals surface area (Å²) in [5, 5.41) is 5.82. The van der Waals surface area contributed by atoms with Crippen molar-refractivity contribution in [2.75, 3.05) is 19.8 Å². The van der Waals surface area contributed by atoms with Crippen LogP contribution in [-0.2, 0) is 4.74 Å². The number of amides is 2. The van der Waals surface area contributed by atoms with E-state index >= 15 is 0 Å². The predicted octanol–water partition coefficient (Wildman–Crippen LogP) is 1.76. The summed E-state index contributed by atoms with van der Waals surface area (Å²) in [6.07, 6.45) is 0.919. The molecular formula is C12H24N2O2. The molecule has 0 aromatic heterocycles. The Morgan fingerprint density at radius 3 is 2.69 bits per heavy atom. The van der Waals surface area contributed by atoms with Gasteiger partial charge in [0.15, 0.2) is 0 Å². The zero-order valence-electron chi connectivity index (χ0n) is 10.8. The highest BCUT2D eigenvalue weighted by molar-refractivity contribution is 5.74. The molecule has 1 aliphatic heterocycles. The lowest BCUT2D eigenvalue weighted by atomic mass is 9.82. The van der Waals surface area contributed by atoms with Gasteiger partial charge >= 0.3 is 6.03 Å². The van der Waals surface area contributed by atoms with Crippen LogP contribution in [-0.4, -0.2) is 31.8 Å². The molecule has 1 heterocycles. The first-order valence-electron chi connectivity index (χ1n) is 6.01. The maximum Gasteiger partial charge on any atom is 0.315 e. The van der Waals surface area contributed by atoms with Gasteiger partial charge in [0.1, 0.15) is 0 Å². The topological polar surface area (TPSA) is 50.4 Å². The number of ether oxygens (including phenoxy) is 1. The van der Waals surface area contributed by atoms with Crippen LogP contribution in [0.3, 0.4) is 0 Å². The Labute approximate surface area is 98.1 Å². The minimum absolute atomic E-state index is 0.0772. The van der Waals surface area contributed by atoms with Crippen LogP contribution >= 0.6 is 0 Å². The third kappa shape index (κ3) is 4.39. The molecule has 1 rings (SSSR count). The fourth-order valence-corrected chi connectivity index (χ4v) is 1.44. The molecule has 2 unspecified atom stereocenters. The maximum absolute atomic E-state index is 11.6. The van der Waals surface area contributed by atoms with Gasteiger partial charge in [0.2, 0.25) is 0 Å². The van der Waals surface area contributed by atoms with E-state index in [4.69, 9.17) is 4.74 Å². The van der Waals surface area contributed by atoms with Crippen molar-refractivity contribution in [1.82, 2.24) is 10.6 Å². The summed E-state index contributed by atoms with van der Waals surface area (Å²) >= 11 is 0. The molecule has 0 radical (unpaired) electrons.